The molecule has 0 aliphatic heterocycles. The van der Waals surface area contributed by atoms with Crippen LogP contribution in [0, 0.1) is 5.82 Å². The van der Waals surface area contributed by atoms with Crippen LogP contribution in [-0.4, -0.2) is 37.4 Å². The Balaban J connectivity index is 1.36. The first-order valence-corrected chi connectivity index (χ1v) is 9.51. The summed E-state index contributed by atoms with van der Waals surface area (Å²) in [4.78, 5) is 16.5. The molecule has 150 valence electrons. The highest BCUT2D eigenvalue weighted by molar-refractivity contribution is 5.92. The van der Waals surface area contributed by atoms with Crippen LogP contribution in [0.15, 0.2) is 42.7 Å². The van der Waals surface area contributed by atoms with E-state index in [9.17, 15) is 9.18 Å². The van der Waals surface area contributed by atoms with Crippen LogP contribution in [0.25, 0.3) is 0 Å². The molecule has 0 aromatic carbocycles. The summed E-state index contributed by atoms with van der Waals surface area (Å²) >= 11 is 0. The van der Waals surface area contributed by atoms with E-state index < -0.39 is 0 Å². The van der Waals surface area contributed by atoms with Gasteiger partial charge in [-0.3, -0.25) is 14.5 Å². The number of anilines is 1. The number of nitrogens with zero attached hydrogens (tertiary/aromatic N) is 5. The molecule has 0 spiro atoms. The lowest BCUT2D eigenvalue weighted by atomic mass is 9.66. The Morgan fingerprint density at radius 2 is 2.07 bits per heavy atom. The number of rotatable bonds is 7. The van der Waals surface area contributed by atoms with Crippen molar-refractivity contribution in [2.24, 2.45) is 7.05 Å². The number of halogens is 1. The molecule has 0 saturated heterocycles. The molecule has 29 heavy (non-hydrogen) atoms. The molecule has 1 aliphatic rings. The summed E-state index contributed by atoms with van der Waals surface area (Å²) in [6, 6.07) is 8.19. The van der Waals surface area contributed by atoms with Crippen LogP contribution in [0.5, 0.6) is 0 Å². The van der Waals surface area contributed by atoms with E-state index in [2.05, 4.69) is 30.9 Å². The Morgan fingerprint density at radius 1 is 1.21 bits per heavy atom. The van der Waals surface area contributed by atoms with Gasteiger partial charge in [0.2, 0.25) is 0 Å². The number of pyridine rings is 1. The number of aryl methyl sites for hydroxylation is 1. The van der Waals surface area contributed by atoms with Crippen LogP contribution < -0.4 is 10.6 Å². The van der Waals surface area contributed by atoms with Crippen LogP contribution in [0.4, 0.5) is 10.2 Å². The molecular formula is C20H22FN7O. The SMILES string of the molecule is Cn1nccc1CNC(=O)c1ccc(NCC2(c3ncccc3F)CCC2)nn1. The Labute approximate surface area is 167 Å². The average molecular weight is 395 g/mol. The zero-order chi connectivity index (χ0) is 20.3. The Bertz CT molecular complexity index is 998. The molecule has 2 N–H and O–H groups in total. The number of hydrogen-bond donors (Lipinski definition) is 2. The zero-order valence-electron chi connectivity index (χ0n) is 16.1. The number of carbonyl (C=O) groups is 1. The molecule has 9 heteroatoms. The van der Waals surface area contributed by atoms with Crippen LogP contribution in [0.2, 0.25) is 0 Å². The number of aromatic nitrogens is 5. The zero-order valence-corrected chi connectivity index (χ0v) is 16.1. The van der Waals surface area contributed by atoms with Crippen molar-refractivity contribution in [3.63, 3.8) is 0 Å². The topological polar surface area (TPSA) is 97.6 Å². The van der Waals surface area contributed by atoms with E-state index in [-0.39, 0.29) is 22.8 Å². The van der Waals surface area contributed by atoms with Gasteiger partial charge in [-0.1, -0.05) is 6.42 Å². The van der Waals surface area contributed by atoms with Crippen LogP contribution in [0.3, 0.4) is 0 Å². The van der Waals surface area contributed by atoms with E-state index in [1.165, 1.54) is 6.07 Å². The van der Waals surface area contributed by atoms with Gasteiger partial charge in [-0.05, 0) is 43.2 Å². The van der Waals surface area contributed by atoms with Crippen molar-refractivity contribution in [3.05, 3.63) is 65.6 Å². The van der Waals surface area contributed by atoms with Gasteiger partial charge in [0.05, 0.1) is 17.9 Å². The summed E-state index contributed by atoms with van der Waals surface area (Å²) in [7, 11) is 1.81. The Morgan fingerprint density at radius 3 is 2.69 bits per heavy atom. The average Bonchev–Trinajstić information content (AvgIpc) is 3.12. The minimum Gasteiger partial charge on any atom is -0.368 e. The van der Waals surface area contributed by atoms with Crippen molar-refractivity contribution in [1.29, 1.82) is 0 Å². The highest BCUT2D eigenvalue weighted by Gasteiger charge is 2.41. The largest absolute Gasteiger partial charge is 0.368 e. The second-order valence-corrected chi connectivity index (χ2v) is 7.25. The number of nitrogens with one attached hydrogen (secondary N) is 2. The summed E-state index contributed by atoms with van der Waals surface area (Å²) in [6.07, 6.45) is 6.08. The third-order valence-electron chi connectivity index (χ3n) is 5.43. The fourth-order valence-electron chi connectivity index (χ4n) is 3.52. The number of carbonyl (C=O) groups excluding carboxylic acids is 1. The maximum absolute atomic E-state index is 14.2. The molecule has 0 atom stereocenters. The van der Waals surface area contributed by atoms with Crippen molar-refractivity contribution in [3.8, 4) is 0 Å². The standard InChI is InChI=1S/C20H22FN7O/c1-28-14(7-11-25-28)12-23-19(29)16-5-6-17(27-26-16)24-13-20(8-3-9-20)18-15(21)4-2-10-22-18/h2,4-7,10-11H,3,8-9,12-13H2,1H3,(H,23,29)(H,24,27). The molecule has 3 heterocycles. The van der Waals surface area contributed by atoms with E-state index in [1.54, 1.807) is 35.3 Å². The third kappa shape index (κ3) is 3.94. The maximum Gasteiger partial charge on any atom is 0.272 e. The molecule has 0 radical (unpaired) electrons. The van der Waals surface area contributed by atoms with Gasteiger partial charge in [0, 0.05) is 31.4 Å². The van der Waals surface area contributed by atoms with Gasteiger partial charge < -0.3 is 10.6 Å². The van der Waals surface area contributed by atoms with E-state index in [0.717, 1.165) is 25.0 Å². The fourth-order valence-corrected chi connectivity index (χ4v) is 3.52. The second-order valence-electron chi connectivity index (χ2n) is 7.25. The van der Waals surface area contributed by atoms with E-state index >= 15 is 0 Å². The van der Waals surface area contributed by atoms with Crippen LogP contribution in [0.1, 0.15) is 41.1 Å². The molecule has 0 unspecified atom stereocenters. The lowest BCUT2D eigenvalue weighted by Crippen LogP contribution is -2.42. The predicted molar refractivity (Wildman–Crippen MR) is 105 cm³/mol. The summed E-state index contributed by atoms with van der Waals surface area (Å²) in [5.41, 5.74) is 1.29. The monoisotopic (exact) mass is 395 g/mol. The molecule has 1 saturated carbocycles. The van der Waals surface area contributed by atoms with Gasteiger partial charge in [0.1, 0.15) is 11.6 Å². The van der Waals surface area contributed by atoms with Crippen molar-refractivity contribution in [2.45, 2.75) is 31.2 Å². The van der Waals surface area contributed by atoms with Crippen LogP contribution in [-0.2, 0) is 19.0 Å². The minimum absolute atomic E-state index is 0.229. The highest BCUT2D eigenvalue weighted by Crippen LogP contribution is 2.43. The molecule has 1 fully saturated rings. The maximum atomic E-state index is 14.2. The molecule has 3 aromatic rings. The molecule has 4 rings (SSSR count). The molecule has 1 amide bonds. The Kier molecular flexibility index (Phi) is 5.20. The van der Waals surface area contributed by atoms with Gasteiger partial charge >= 0.3 is 0 Å². The summed E-state index contributed by atoms with van der Waals surface area (Å²) in [5.74, 6) is -0.0485. The predicted octanol–water partition coefficient (Wildman–Crippen LogP) is 2.21. The number of hydrogen-bond acceptors (Lipinski definition) is 6. The minimum atomic E-state index is -0.327. The second kappa shape index (κ2) is 7.94. The van der Waals surface area contributed by atoms with Crippen LogP contribution >= 0.6 is 0 Å². The van der Waals surface area contributed by atoms with E-state index in [4.69, 9.17) is 0 Å². The quantitative estimate of drug-likeness (QED) is 0.637. The highest BCUT2D eigenvalue weighted by atomic mass is 19.1. The summed E-state index contributed by atoms with van der Waals surface area (Å²) < 4.78 is 15.9. The lowest BCUT2D eigenvalue weighted by molar-refractivity contribution is 0.0944. The Hall–Kier alpha value is -3.36. The third-order valence-corrected chi connectivity index (χ3v) is 5.43. The van der Waals surface area contributed by atoms with E-state index in [1.807, 2.05) is 13.1 Å². The van der Waals surface area contributed by atoms with E-state index in [0.29, 0.717) is 24.6 Å². The number of amides is 1. The molecule has 3 aromatic heterocycles. The molecule has 0 bridgehead atoms. The van der Waals surface area contributed by atoms with Crippen molar-refractivity contribution in [1.82, 2.24) is 30.3 Å². The lowest BCUT2D eigenvalue weighted by Gasteiger charge is -2.41. The van der Waals surface area contributed by atoms with Crippen molar-refractivity contribution < 1.29 is 9.18 Å². The summed E-state index contributed by atoms with van der Waals surface area (Å²) in [6.45, 7) is 0.872. The normalized spacial score (nSPS) is 14.8. The fraction of sp³-hybridized carbons (Fsp3) is 0.350. The van der Waals surface area contributed by atoms with Gasteiger partial charge in [0.25, 0.3) is 5.91 Å². The summed E-state index contributed by atoms with van der Waals surface area (Å²) in [5, 5.41) is 18.2. The van der Waals surface area contributed by atoms with Crippen molar-refractivity contribution in [2.75, 3.05) is 11.9 Å². The van der Waals surface area contributed by atoms with Gasteiger partial charge in [-0.15, -0.1) is 10.2 Å². The first-order valence-electron chi connectivity index (χ1n) is 9.51. The molecule has 8 nitrogen and oxygen atoms in total. The molecular weight excluding hydrogens is 373 g/mol. The molecule has 1 aliphatic carbocycles. The first kappa shape index (κ1) is 19.0. The van der Waals surface area contributed by atoms with Crippen molar-refractivity contribution >= 4 is 11.7 Å². The smallest absolute Gasteiger partial charge is 0.272 e. The van der Waals surface area contributed by atoms with Gasteiger partial charge in [-0.25, -0.2) is 4.39 Å². The van der Waals surface area contributed by atoms with Gasteiger partial charge in [-0.2, -0.15) is 5.10 Å². The first-order chi connectivity index (χ1) is 14.1. The van der Waals surface area contributed by atoms with Gasteiger partial charge in [0.15, 0.2) is 5.69 Å².